The van der Waals surface area contributed by atoms with Gasteiger partial charge in [-0.3, -0.25) is 5.43 Å². The number of guanidine groups is 1. The molecule has 17 heavy (non-hydrogen) atoms. The number of nitrogens with zero attached hydrogens (tertiary/aromatic N) is 2. The predicted octanol–water partition coefficient (Wildman–Crippen LogP) is 1.87. The summed E-state index contributed by atoms with van der Waals surface area (Å²) in [6.07, 6.45) is 7.81. The van der Waals surface area contributed by atoms with Crippen molar-refractivity contribution < 1.29 is 0 Å². The third-order valence-electron chi connectivity index (χ3n) is 3.81. The second-order valence-electron chi connectivity index (χ2n) is 5.72. The molecule has 2 fully saturated rings. The van der Waals surface area contributed by atoms with E-state index < -0.39 is 0 Å². The average molecular weight is 238 g/mol. The van der Waals surface area contributed by atoms with Gasteiger partial charge in [0.1, 0.15) is 0 Å². The summed E-state index contributed by atoms with van der Waals surface area (Å²) >= 11 is 0. The molecule has 98 valence electrons. The first-order valence-electron chi connectivity index (χ1n) is 7.01. The lowest BCUT2D eigenvalue weighted by Crippen LogP contribution is -2.49. The monoisotopic (exact) mass is 238 g/mol. The van der Waals surface area contributed by atoms with Gasteiger partial charge in [-0.1, -0.05) is 12.8 Å². The Labute approximate surface area is 105 Å². The van der Waals surface area contributed by atoms with Crippen molar-refractivity contribution in [3.05, 3.63) is 0 Å². The van der Waals surface area contributed by atoms with Gasteiger partial charge in [-0.15, -0.1) is 0 Å². The maximum Gasteiger partial charge on any atom is 0.208 e. The second kappa shape index (κ2) is 5.71. The highest BCUT2D eigenvalue weighted by Crippen LogP contribution is 2.30. The Kier molecular flexibility index (Phi) is 4.26. The van der Waals surface area contributed by atoms with Gasteiger partial charge in [-0.25, -0.2) is 10.8 Å². The van der Waals surface area contributed by atoms with Gasteiger partial charge in [-0.05, 0) is 45.4 Å². The van der Waals surface area contributed by atoms with E-state index in [4.69, 9.17) is 10.8 Å². The van der Waals surface area contributed by atoms with Crippen LogP contribution in [0.4, 0.5) is 0 Å². The summed E-state index contributed by atoms with van der Waals surface area (Å²) in [7, 11) is 0. The molecule has 3 N–H and O–H groups in total. The van der Waals surface area contributed by atoms with Crippen LogP contribution in [0.15, 0.2) is 4.99 Å². The van der Waals surface area contributed by atoms with Crippen molar-refractivity contribution in [2.24, 2.45) is 16.8 Å². The Bertz CT molecular complexity index is 265. The van der Waals surface area contributed by atoms with Crippen molar-refractivity contribution in [2.45, 2.75) is 64.5 Å². The average Bonchev–Trinajstić information content (AvgIpc) is 2.98. The molecule has 0 aliphatic heterocycles. The molecule has 2 aliphatic carbocycles. The number of nitrogens with two attached hydrogens (primary N) is 1. The van der Waals surface area contributed by atoms with E-state index in [9.17, 15) is 0 Å². The highest BCUT2D eigenvalue weighted by atomic mass is 15.4. The van der Waals surface area contributed by atoms with Gasteiger partial charge in [-0.2, -0.15) is 0 Å². The molecule has 0 heterocycles. The summed E-state index contributed by atoms with van der Waals surface area (Å²) < 4.78 is 0. The van der Waals surface area contributed by atoms with Crippen molar-refractivity contribution in [1.29, 1.82) is 0 Å². The van der Waals surface area contributed by atoms with Crippen LogP contribution in [-0.2, 0) is 0 Å². The summed E-state index contributed by atoms with van der Waals surface area (Å²) in [5.41, 5.74) is 2.82. The Morgan fingerprint density at radius 3 is 2.41 bits per heavy atom. The van der Waals surface area contributed by atoms with Crippen LogP contribution in [0.5, 0.6) is 0 Å². The molecule has 0 aromatic rings. The Morgan fingerprint density at radius 2 is 1.94 bits per heavy atom. The summed E-state index contributed by atoms with van der Waals surface area (Å²) in [6, 6.07) is 0.952. The van der Waals surface area contributed by atoms with Gasteiger partial charge < -0.3 is 4.90 Å². The number of hydrogen-bond acceptors (Lipinski definition) is 2. The summed E-state index contributed by atoms with van der Waals surface area (Å²) in [4.78, 5) is 7.13. The van der Waals surface area contributed by atoms with E-state index in [1.807, 2.05) is 0 Å². The highest BCUT2D eigenvalue weighted by Gasteiger charge is 2.27. The van der Waals surface area contributed by atoms with Crippen LogP contribution < -0.4 is 11.3 Å². The molecule has 4 heteroatoms. The SMILES string of the molecule is CC(C)N(CC1CC1)C(=NC1CCCC1)NN. The molecule has 0 bridgehead atoms. The molecule has 0 saturated heterocycles. The van der Waals surface area contributed by atoms with E-state index in [0.29, 0.717) is 12.1 Å². The van der Waals surface area contributed by atoms with Crippen molar-refractivity contribution >= 4 is 5.96 Å². The van der Waals surface area contributed by atoms with Crippen LogP contribution in [0.1, 0.15) is 52.4 Å². The molecule has 2 saturated carbocycles. The van der Waals surface area contributed by atoms with E-state index in [1.54, 1.807) is 0 Å². The minimum atomic E-state index is 0.465. The second-order valence-corrected chi connectivity index (χ2v) is 5.72. The van der Waals surface area contributed by atoms with E-state index in [2.05, 4.69) is 24.2 Å². The van der Waals surface area contributed by atoms with E-state index in [1.165, 1.54) is 38.5 Å². The van der Waals surface area contributed by atoms with Crippen LogP contribution in [0.2, 0.25) is 0 Å². The lowest BCUT2D eigenvalue weighted by Gasteiger charge is -2.30. The summed E-state index contributed by atoms with van der Waals surface area (Å²) in [6.45, 7) is 5.53. The van der Waals surface area contributed by atoms with Crippen LogP contribution >= 0.6 is 0 Å². The van der Waals surface area contributed by atoms with Crippen molar-refractivity contribution in [2.75, 3.05) is 6.54 Å². The van der Waals surface area contributed by atoms with Gasteiger partial charge >= 0.3 is 0 Å². The lowest BCUT2D eigenvalue weighted by molar-refractivity contribution is 0.322. The predicted molar refractivity (Wildman–Crippen MR) is 71.6 cm³/mol. The van der Waals surface area contributed by atoms with Gasteiger partial charge in [0, 0.05) is 12.6 Å². The minimum absolute atomic E-state index is 0.465. The number of nitrogens with one attached hydrogen (secondary N) is 1. The highest BCUT2D eigenvalue weighted by molar-refractivity contribution is 5.80. The maximum atomic E-state index is 5.66. The fourth-order valence-corrected chi connectivity index (χ4v) is 2.52. The third kappa shape index (κ3) is 3.60. The number of rotatable bonds is 4. The molecule has 2 aliphatic rings. The zero-order valence-electron chi connectivity index (χ0n) is 11.2. The fraction of sp³-hybridized carbons (Fsp3) is 0.923. The standard InChI is InChI=1S/C13H26N4/c1-10(2)17(9-11-7-8-11)13(16-14)15-12-5-3-4-6-12/h10-12H,3-9,14H2,1-2H3,(H,15,16). The maximum absolute atomic E-state index is 5.66. The molecule has 2 rings (SSSR count). The van der Waals surface area contributed by atoms with Crippen LogP contribution in [0.3, 0.4) is 0 Å². The zero-order valence-corrected chi connectivity index (χ0v) is 11.2. The van der Waals surface area contributed by atoms with Gasteiger partial charge in [0.15, 0.2) is 0 Å². The zero-order chi connectivity index (χ0) is 12.3. The minimum Gasteiger partial charge on any atom is -0.339 e. The van der Waals surface area contributed by atoms with Gasteiger partial charge in [0.25, 0.3) is 0 Å². The Hall–Kier alpha value is -0.770. The summed E-state index contributed by atoms with van der Waals surface area (Å²) in [5, 5.41) is 0. The van der Waals surface area contributed by atoms with Crippen LogP contribution in [-0.4, -0.2) is 29.5 Å². The molecule has 4 nitrogen and oxygen atoms in total. The first kappa shape index (κ1) is 12.7. The van der Waals surface area contributed by atoms with Crippen molar-refractivity contribution in [3.8, 4) is 0 Å². The van der Waals surface area contributed by atoms with Crippen LogP contribution in [0, 0.1) is 5.92 Å². The number of hydrazine groups is 1. The van der Waals surface area contributed by atoms with E-state index >= 15 is 0 Å². The smallest absolute Gasteiger partial charge is 0.208 e. The Morgan fingerprint density at radius 1 is 1.29 bits per heavy atom. The molecule has 0 amide bonds. The first-order chi connectivity index (χ1) is 8.20. The molecule has 0 radical (unpaired) electrons. The Balaban J connectivity index is 2.00. The molecular formula is C13H26N4. The molecule has 0 aromatic heterocycles. The molecule has 0 atom stereocenters. The largest absolute Gasteiger partial charge is 0.339 e. The number of aliphatic imine (C=N–C) groups is 1. The molecule has 0 aromatic carbocycles. The number of hydrogen-bond donors (Lipinski definition) is 2. The van der Waals surface area contributed by atoms with Crippen LogP contribution in [0.25, 0.3) is 0 Å². The molecule has 0 unspecified atom stereocenters. The van der Waals surface area contributed by atoms with E-state index in [-0.39, 0.29) is 0 Å². The van der Waals surface area contributed by atoms with Crippen molar-refractivity contribution in [1.82, 2.24) is 10.3 Å². The van der Waals surface area contributed by atoms with E-state index in [0.717, 1.165) is 18.4 Å². The quantitative estimate of drug-likeness (QED) is 0.340. The van der Waals surface area contributed by atoms with Gasteiger partial charge in [0.2, 0.25) is 5.96 Å². The fourth-order valence-electron chi connectivity index (χ4n) is 2.52. The van der Waals surface area contributed by atoms with Gasteiger partial charge in [0.05, 0.1) is 6.04 Å². The molecular weight excluding hydrogens is 212 g/mol. The first-order valence-corrected chi connectivity index (χ1v) is 7.01. The topological polar surface area (TPSA) is 53.6 Å². The normalized spacial score (nSPS) is 22.2. The lowest BCUT2D eigenvalue weighted by atomic mass is 10.2. The third-order valence-corrected chi connectivity index (χ3v) is 3.81. The molecule has 0 spiro atoms. The summed E-state index contributed by atoms with van der Waals surface area (Å²) in [5.74, 6) is 7.43. The van der Waals surface area contributed by atoms with Crippen molar-refractivity contribution in [3.63, 3.8) is 0 Å².